The van der Waals surface area contributed by atoms with Crippen LogP contribution in [-0.2, 0) is 33.3 Å². The first-order chi connectivity index (χ1) is 22.4. The number of nitrogens with one attached hydrogen (secondary N) is 3. The van der Waals surface area contributed by atoms with Gasteiger partial charge >= 0.3 is 0 Å². The zero-order valence-corrected chi connectivity index (χ0v) is 30.6. The summed E-state index contributed by atoms with van der Waals surface area (Å²) in [4.78, 5) is 33.9. The molecule has 47 heavy (non-hydrogen) atoms. The van der Waals surface area contributed by atoms with Gasteiger partial charge in [-0.2, -0.15) is 5.10 Å². The van der Waals surface area contributed by atoms with Gasteiger partial charge in [-0.15, -0.1) is 0 Å². The first-order valence-electron chi connectivity index (χ1n) is 15.7. The minimum absolute atomic E-state index is 0.00293. The molecule has 0 saturated carbocycles. The molecule has 1 atom stereocenters. The summed E-state index contributed by atoms with van der Waals surface area (Å²) in [6, 6.07) is 5.38. The molecule has 0 aliphatic carbocycles. The number of hydrogen-bond acceptors (Lipinski definition) is 11. The summed E-state index contributed by atoms with van der Waals surface area (Å²) >= 11 is 12.0. The molecule has 1 aliphatic heterocycles. The Balaban J connectivity index is 0.000000775. The molecular formula is C32H56Cl2N6O7. The van der Waals surface area contributed by atoms with E-state index in [-0.39, 0.29) is 24.0 Å². The van der Waals surface area contributed by atoms with E-state index in [9.17, 15) is 14.4 Å². The summed E-state index contributed by atoms with van der Waals surface area (Å²) in [6.45, 7) is 14.6. The average molecular weight is 708 g/mol. The Labute approximate surface area is 291 Å². The van der Waals surface area contributed by atoms with E-state index < -0.39 is 0 Å². The third-order valence-corrected chi connectivity index (χ3v) is 7.06. The fraction of sp³-hybridized carbons (Fsp3) is 0.688. The predicted molar refractivity (Wildman–Crippen MR) is 189 cm³/mol. The Morgan fingerprint density at radius 1 is 1.04 bits per heavy atom. The monoisotopic (exact) mass is 706 g/mol. The largest absolute Gasteiger partial charge is 0.379 e. The van der Waals surface area contributed by atoms with Crippen molar-refractivity contribution in [1.29, 1.82) is 0 Å². The van der Waals surface area contributed by atoms with Gasteiger partial charge in [-0.1, -0.05) is 30.1 Å². The second-order valence-electron chi connectivity index (χ2n) is 11.5. The summed E-state index contributed by atoms with van der Waals surface area (Å²) < 4.78 is 20.5. The van der Waals surface area contributed by atoms with Crippen molar-refractivity contribution in [2.24, 2.45) is 11.0 Å². The lowest BCUT2D eigenvalue weighted by Crippen LogP contribution is -2.33. The summed E-state index contributed by atoms with van der Waals surface area (Å²) in [5.74, 6) is 0.847. The minimum atomic E-state index is -0.00293. The molecule has 270 valence electrons. The van der Waals surface area contributed by atoms with Crippen LogP contribution in [0, 0.1) is 5.92 Å². The fourth-order valence-electron chi connectivity index (χ4n) is 3.40. The maximum atomic E-state index is 11.9. The third-order valence-electron chi connectivity index (χ3n) is 6.32. The van der Waals surface area contributed by atoms with Crippen molar-refractivity contribution in [3.8, 4) is 0 Å². The molecule has 1 aliphatic rings. The lowest BCUT2D eigenvalue weighted by atomic mass is 10.1. The van der Waals surface area contributed by atoms with Gasteiger partial charge in [0.25, 0.3) is 0 Å². The molecule has 1 aromatic rings. The van der Waals surface area contributed by atoms with Crippen LogP contribution in [0.2, 0.25) is 10.0 Å². The standard InChI is InChI=1S/C15H20Cl2N4O.C12H24N2O5.C5H12O/c1-10-9-21(11-5-6-12(16)13(17)8-11)20-15(10)19-14(22)4-3-7-18-2;1-14(3-7-17-6-2-13-12-16)4-8-18-10-11-19-9-5-15;1-5(2,3)6-4/h5-6,8,10,18H,3-4,7,9H2,1-2H3,(H,19,20,22);5,12H,2-4,6-11H2,1H3,(H,13,16);1-4H3. The van der Waals surface area contributed by atoms with Crippen molar-refractivity contribution < 1.29 is 33.3 Å². The van der Waals surface area contributed by atoms with Crippen molar-refractivity contribution in [1.82, 2.24) is 20.9 Å². The molecule has 1 heterocycles. The van der Waals surface area contributed by atoms with Crippen molar-refractivity contribution in [3.63, 3.8) is 0 Å². The average Bonchev–Trinajstić information content (AvgIpc) is 3.39. The van der Waals surface area contributed by atoms with E-state index in [0.29, 0.717) is 74.8 Å². The number of ether oxygens (including phenoxy) is 4. The number of amidine groups is 1. The van der Waals surface area contributed by atoms with Crippen LogP contribution in [-0.4, -0.2) is 129 Å². The lowest BCUT2D eigenvalue weighted by Gasteiger charge is -2.16. The zero-order chi connectivity index (χ0) is 35.5. The summed E-state index contributed by atoms with van der Waals surface area (Å²) in [5.41, 5.74) is 0.903. The van der Waals surface area contributed by atoms with E-state index in [1.54, 1.807) is 19.2 Å². The zero-order valence-electron chi connectivity index (χ0n) is 29.1. The van der Waals surface area contributed by atoms with Gasteiger partial charge in [-0.25, -0.2) is 0 Å². The highest BCUT2D eigenvalue weighted by Crippen LogP contribution is 2.29. The number of amides is 2. The molecule has 0 radical (unpaired) electrons. The van der Waals surface area contributed by atoms with Crippen molar-refractivity contribution in [2.45, 2.75) is 46.1 Å². The summed E-state index contributed by atoms with van der Waals surface area (Å²) in [7, 11) is 5.56. The van der Waals surface area contributed by atoms with E-state index >= 15 is 0 Å². The maximum absolute atomic E-state index is 11.9. The summed E-state index contributed by atoms with van der Waals surface area (Å²) in [5, 5.41) is 15.8. The molecule has 1 aromatic carbocycles. The molecular weight excluding hydrogens is 651 g/mol. The van der Waals surface area contributed by atoms with Crippen LogP contribution in [0.25, 0.3) is 0 Å². The van der Waals surface area contributed by atoms with Gasteiger partial charge in [0, 0.05) is 39.1 Å². The first-order valence-corrected chi connectivity index (χ1v) is 16.5. The minimum Gasteiger partial charge on any atom is -0.379 e. The van der Waals surface area contributed by atoms with Crippen LogP contribution < -0.4 is 21.0 Å². The van der Waals surface area contributed by atoms with Crippen LogP contribution in [0.15, 0.2) is 23.3 Å². The third kappa shape index (κ3) is 24.4. The summed E-state index contributed by atoms with van der Waals surface area (Å²) in [6.07, 6.45) is 2.67. The predicted octanol–water partition coefficient (Wildman–Crippen LogP) is 3.22. The second-order valence-corrected chi connectivity index (χ2v) is 12.3. The molecule has 0 spiro atoms. The Kier molecular flexibility index (Phi) is 26.2. The van der Waals surface area contributed by atoms with Crippen molar-refractivity contribution in [3.05, 3.63) is 28.2 Å². The Hall–Kier alpha value is -2.36. The smallest absolute Gasteiger partial charge is 0.225 e. The van der Waals surface area contributed by atoms with Gasteiger partial charge in [-0.3, -0.25) is 14.6 Å². The van der Waals surface area contributed by atoms with Crippen LogP contribution in [0.3, 0.4) is 0 Å². The highest BCUT2D eigenvalue weighted by atomic mass is 35.5. The van der Waals surface area contributed by atoms with Crippen molar-refractivity contribution in [2.75, 3.05) is 98.6 Å². The first kappa shape index (κ1) is 44.6. The topological polar surface area (TPSA) is 143 Å². The second kappa shape index (κ2) is 27.6. The molecule has 0 bridgehead atoms. The van der Waals surface area contributed by atoms with E-state index in [1.165, 1.54) is 0 Å². The van der Waals surface area contributed by atoms with Crippen LogP contribution >= 0.6 is 23.2 Å². The number of likely N-dealkylation sites (N-methyl/N-ethyl adjacent to an activating group) is 1. The molecule has 0 saturated heterocycles. The molecule has 2 amide bonds. The molecule has 1 unspecified atom stereocenters. The Morgan fingerprint density at radius 3 is 2.26 bits per heavy atom. The van der Waals surface area contributed by atoms with E-state index in [0.717, 1.165) is 38.0 Å². The van der Waals surface area contributed by atoms with E-state index in [2.05, 4.69) is 26.0 Å². The molecule has 3 N–H and O–H groups in total. The number of rotatable bonds is 20. The van der Waals surface area contributed by atoms with Crippen LogP contribution in [0.1, 0.15) is 40.5 Å². The maximum Gasteiger partial charge on any atom is 0.225 e. The number of benzene rings is 1. The van der Waals surface area contributed by atoms with Crippen LogP contribution in [0.4, 0.5) is 5.69 Å². The van der Waals surface area contributed by atoms with Gasteiger partial charge in [-0.05, 0) is 66.0 Å². The number of carbonyl (C=O) groups excluding carboxylic acids is 3. The van der Waals surface area contributed by atoms with Gasteiger partial charge in [0.05, 0.1) is 60.9 Å². The highest BCUT2D eigenvalue weighted by molar-refractivity contribution is 6.42. The van der Waals surface area contributed by atoms with Gasteiger partial charge in [0.15, 0.2) is 0 Å². The van der Waals surface area contributed by atoms with Crippen molar-refractivity contribution >= 4 is 53.3 Å². The SMILES string of the molecule is CN(CCOCCNC=O)CCOCCOCC=O.CNCCCC(=O)NC1=NN(c2ccc(Cl)c(Cl)c2)CC1C.COC(C)(C)C. The molecule has 13 nitrogen and oxygen atoms in total. The fourth-order valence-corrected chi connectivity index (χ4v) is 3.69. The molecule has 0 aromatic heterocycles. The number of carbonyl (C=O) groups is 3. The van der Waals surface area contributed by atoms with Gasteiger partial charge < -0.3 is 44.6 Å². The Bertz CT molecular complexity index is 1030. The Morgan fingerprint density at radius 2 is 1.68 bits per heavy atom. The number of aldehydes is 1. The molecule has 0 fully saturated rings. The number of anilines is 1. The number of halogens is 2. The van der Waals surface area contributed by atoms with E-state index in [4.69, 9.17) is 42.1 Å². The lowest BCUT2D eigenvalue weighted by molar-refractivity contribution is -0.119. The number of hydrazone groups is 1. The molecule has 2 rings (SSSR count). The molecule has 15 heteroatoms. The number of hydrogen-bond donors (Lipinski definition) is 3. The van der Waals surface area contributed by atoms with Gasteiger partial charge in [0.2, 0.25) is 12.3 Å². The number of nitrogens with zero attached hydrogens (tertiary/aromatic N) is 3. The quantitative estimate of drug-likeness (QED) is 0.137. The number of methoxy groups -OCH3 is 1. The van der Waals surface area contributed by atoms with Gasteiger partial charge in [0.1, 0.15) is 18.7 Å². The van der Waals surface area contributed by atoms with Crippen LogP contribution in [0.5, 0.6) is 0 Å². The highest BCUT2D eigenvalue weighted by Gasteiger charge is 2.25. The normalized spacial score (nSPS) is 14.0. The van der Waals surface area contributed by atoms with E-state index in [1.807, 2.05) is 52.9 Å².